The second-order valence-electron chi connectivity index (χ2n) is 6.48. The molecule has 3 heterocycles. The van der Waals surface area contributed by atoms with Crippen molar-refractivity contribution >= 4 is 33.4 Å². The van der Waals surface area contributed by atoms with Crippen LogP contribution in [-0.2, 0) is 23.8 Å². The molecule has 0 saturated carbocycles. The number of nitrogens with zero attached hydrogens (tertiary/aromatic N) is 2. The molecule has 2 aliphatic rings. The van der Waals surface area contributed by atoms with Crippen LogP contribution < -0.4 is 0 Å². The molecule has 1 saturated heterocycles. The topological polar surface area (TPSA) is 78.0 Å². The van der Waals surface area contributed by atoms with Gasteiger partial charge in [-0.25, -0.2) is 9.78 Å². The monoisotopic (exact) mass is 388 g/mol. The molecule has 4 rings (SSSR count). The van der Waals surface area contributed by atoms with Crippen molar-refractivity contribution in [3.63, 3.8) is 0 Å². The Morgan fingerprint density at radius 3 is 3.00 bits per heavy atom. The molecule has 8 heteroatoms. The number of fused-ring (bicyclic) bond motifs is 1. The normalized spacial score (nSPS) is 19.8. The highest BCUT2D eigenvalue weighted by Gasteiger charge is 2.28. The summed E-state index contributed by atoms with van der Waals surface area (Å²) >= 11 is 1.68. The van der Waals surface area contributed by atoms with Crippen LogP contribution in [0.4, 0.5) is 0 Å². The van der Waals surface area contributed by atoms with Crippen molar-refractivity contribution in [3.05, 3.63) is 41.3 Å². The number of esters is 1. The Morgan fingerprint density at radius 1 is 1.30 bits per heavy atom. The van der Waals surface area contributed by atoms with Gasteiger partial charge in [0, 0.05) is 19.0 Å². The maximum Gasteiger partial charge on any atom is 0.377 e. The van der Waals surface area contributed by atoms with Crippen LogP contribution in [0.15, 0.2) is 36.3 Å². The van der Waals surface area contributed by atoms with Crippen LogP contribution in [0, 0.1) is 0 Å². The number of rotatable bonds is 4. The van der Waals surface area contributed by atoms with Crippen molar-refractivity contribution < 1.29 is 23.8 Å². The van der Waals surface area contributed by atoms with Gasteiger partial charge in [0.2, 0.25) is 5.76 Å². The van der Waals surface area contributed by atoms with Gasteiger partial charge in [0.25, 0.3) is 5.91 Å². The highest BCUT2D eigenvalue weighted by Crippen LogP contribution is 2.32. The standard InChI is InChI=1S/C19H20N2O5S/c22-17(12-26-19(23)15-11-24-8-9-25-15)21-7-3-4-13(10-21)18-20-14-5-1-2-6-16(14)27-18/h1-2,5-6,11,13H,3-4,7-10,12H2/t13-/m0/s1. The van der Waals surface area contributed by atoms with Gasteiger partial charge >= 0.3 is 5.97 Å². The van der Waals surface area contributed by atoms with E-state index in [0.717, 1.165) is 28.1 Å². The number of amides is 1. The second-order valence-corrected chi connectivity index (χ2v) is 7.54. The first-order valence-electron chi connectivity index (χ1n) is 8.95. The fourth-order valence-corrected chi connectivity index (χ4v) is 4.33. The lowest BCUT2D eigenvalue weighted by atomic mass is 9.99. The van der Waals surface area contributed by atoms with E-state index in [9.17, 15) is 9.59 Å². The molecule has 1 atom stereocenters. The smallest absolute Gasteiger partial charge is 0.377 e. The van der Waals surface area contributed by atoms with Crippen LogP contribution in [0.2, 0.25) is 0 Å². The second kappa shape index (κ2) is 7.96. The largest absolute Gasteiger partial charge is 0.493 e. The number of aromatic nitrogens is 1. The average Bonchev–Trinajstić information content (AvgIpc) is 3.17. The van der Waals surface area contributed by atoms with E-state index >= 15 is 0 Å². The van der Waals surface area contributed by atoms with Crippen molar-refractivity contribution in [1.82, 2.24) is 9.88 Å². The molecular formula is C19H20N2O5S. The van der Waals surface area contributed by atoms with Crippen molar-refractivity contribution in [2.75, 3.05) is 32.9 Å². The highest BCUT2D eigenvalue weighted by molar-refractivity contribution is 7.18. The number of para-hydroxylation sites is 1. The Labute approximate surface area is 160 Å². The van der Waals surface area contributed by atoms with Crippen LogP contribution in [0.25, 0.3) is 10.2 Å². The van der Waals surface area contributed by atoms with E-state index in [1.54, 1.807) is 16.2 Å². The minimum absolute atomic E-state index is 0.0000429. The minimum Gasteiger partial charge on any atom is -0.493 e. The summed E-state index contributed by atoms with van der Waals surface area (Å²) < 4.78 is 16.4. The van der Waals surface area contributed by atoms with Gasteiger partial charge in [-0.3, -0.25) is 4.79 Å². The van der Waals surface area contributed by atoms with Gasteiger partial charge in [-0.05, 0) is 25.0 Å². The van der Waals surface area contributed by atoms with Crippen LogP contribution >= 0.6 is 11.3 Å². The molecule has 7 nitrogen and oxygen atoms in total. The number of hydrogen-bond acceptors (Lipinski definition) is 7. The van der Waals surface area contributed by atoms with Gasteiger partial charge in [-0.1, -0.05) is 12.1 Å². The number of ether oxygens (including phenoxy) is 3. The quantitative estimate of drug-likeness (QED) is 0.749. The summed E-state index contributed by atoms with van der Waals surface area (Å²) in [5, 5.41) is 1.06. The van der Waals surface area contributed by atoms with E-state index < -0.39 is 5.97 Å². The minimum atomic E-state index is -0.678. The van der Waals surface area contributed by atoms with E-state index in [-0.39, 0.29) is 24.2 Å². The fraction of sp³-hybridized carbons (Fsp3) is 0.421. The summed E-state index contributed by atoms with van der Waals surface area (Å²) in [6.45, 7) is 1.66. The molecule has 0 N–H and O–H groups in total. The third kappa shape index (κ3) is 4.05. The number of likely N-dealkylation sites (tertiary alicyclic amines) is 1. The van der Waals surface area contributed by atoms with Crippen LogP contribution in [-0.4, -0.2) is 54.7 Å². The Bertz CT molecular complexity index is 845. The SMILES string of the molecule is O=C(OCC(=O)N1CCC[C@H](c2nc3ccccc3s2)C1)C1=COCCO1. The molecular weight excluding hydrogens is 368 g/mol. The number of hydrogen-bond donors (Lipinski definition) is 0. The highest BCUT2D eigenvalue weighted by atomic mass is 32.1. The molecule has 2 aliphatic heterocycles. The maximum atomic E-state index is 12.5. The van der Waals surface area contributed by atoms with Gasteiger partial charge < -0.3 is 19.1 Å². The first-order chi connectivity index (χ1) is 13.2. The summed E-state index contributed by atoms with van der Waals surface area (Å²) in [5.41, 5.74) is 0.998. The summed E-state index contributed by atoms with van der Waals surface area (Å²) in [4.78, 5) is 30.8. The first-order valence-corrected chi connectivity index (χ1v) is 9.77. The molecule has 1 fully saturated rings. The molecule has 27 heavy (non-hydrogen) atoms. The maximum absolute atomic E-state index is 12.5. The molecule has 2 aromatic rings. The van der Waals surface area contributed by atoms with Crippen LogP contribution in [0.1, 0.15) is 23.8 Å². The van der Waals surface area contributed by atoms with Gasteiger partial charge in [-0.2, -0.15) is 0 Å². The molecule has 0 radical (unpaired) electrons. The van der Waals surface area contributed by atoms with Crippen molar-refractivity contribution in [2.24, 2.45) is 0 Å². The van der Waals surface area contributed by atoms with Crippen molar-refractivity contribution in [2.45, 2.75) is 18.8 Å². The van der Waals surface area contributed by atoms with E-state index in [0.29, 0.717) is 26.3 Å². The lowest BCUT2D eigenvalue weighted by Crippen LogP contribution is -2.41. The Balaban J connectivity index is 1.35. The first kappa shape index (κ1) is 17.8. The van der Waals surface area contributed by atoms with Crippen LogP contribution in [0.3, 0.4) is 0 Å². The number of benzene rings is 1. The van der Waals surface area contributed by atoms with E-state index in [1.807, 2.05) is 18.2 Å². The molecule has 1 amide bonds. The Kier molecular flexibility index (Phi) is 5.24. The van der Waals surface area contributed by atoms with Gasteiger partial charge in [0.05, 0.1) is 15.2 Å². The molecule has 0 spiro atoms. The number of carbonyl (C=O) groups excluding carboxylic acids is 2. The zero-order valence-corrected chi connectivity index (χ0v) is 15.6. The molecule has 0 unspecified atom stereocenters. The lowest BCUT2D eigenvalue weighted by molar-refractivity contribution is -0.153. The molecule has 1 aromatic heterocycles. The van der Waals surface area contributed by atoms with Crippen molar-refractivity contribution in [1.29, 1.82) is 0 Å². The summed E-state index contributed by atoms with van der Waals surface area (Å²) in [6.07, 6.45) is 3.13. The predicted octanol–water partition coefficient (Wildman–Crippen LogP) is 2.43. The van der Waals surface area contributed by atoms with Gasteiger partial charge in [-0.15, -0.1) is 11.3 Å². The summed E-state index contributed by atoms with van der Waals surface area (Å²) in [7, 11) is 0. The number of thiazole rings is 1. The van der Waals surface area contributed by atoms with Crippen molar-refractivity contribution in [3.8, 4) is 0 Å². The third-order valence-electron chi connectivity index (χ3n) is 4.61. The zero-order chi connectivity index (χ0) is 18.6. The summed E-state index contributed by atoms with van der Waals surface area (Å²) in [5.74, 6) is -0.664. The Hall–Kier alpha value is -2.61. The zero-order valence-electron chi connectivity index (χ0n) is 14.8. The predicted molar refractivity (Wildman–Crippen MR) is 99.1 cm³/mol. The molecule has 0 aliphatic carbocycles. The number of piperidine rings is 1. The third-order valence-corrected chi connectivity index (χ3v) is 5.81. The number of carbonyl (C=O) groups is 2. The fourth-order valence-electron chi connectivity index (χ4n) is 3.23. The Morgan fingerprint density at radius 2 is 2.19 bits per heavy atom. The van der Waals surface area contributed by atoms with Gasteiger partial charge in [0.1, 0.15) is 19.5 Å². The van der Waals surface area contributed by atoms with Gasteiger partial charge in [0.15, 0.2) is 6.61 Å². The van der Waals surface area contributed by atoms with Crippen LogP contribution in [0.5, 0.6) is 0 Å². The lowest BCUT2D eigenvalue weighted by Gasteiger charge is -2.31. The molecule has 0 bridgehead atoms. The summed E-state index contributed by atoms with van der Waals surface area (Å²) in [6, 6.07) is 8.05. The van der Waals surface area contributed by atoms with E-state index in [2.05, 4.69) is 6.07 Å². The molecule has 1 aromatic carbocycles. The van der Waals surface area contributed by atoms with E-state index in [1.165, 1.54) is 6.26 Å². The van der Waals surface area contributed by atoms with E-state index in [4.69, 9.17) is 19.2 Å². The average molecular weight is 388 g/mol. The molecule has 142 valence electrons.